The molecular formula is C23H24ClN5O2. The van der Waals surface area contributed by atoms with Gasteiger partial charge in [0.05, 0.1) is 12.1 Å². The van der Waals surface area contributed by atoms with E-state index in [2.05, 4.69) is 11.1 Å². The summed E-state index contributed by atoms with van der Waals surface area (Å²) >= 11 is 6.01. The van der Waals surface area contributed by atoms with Gasteiger partial charge in [0.15, 0.2) is 0 Å². The van der Waals surface area contributed by atoms with Crippen molar-refractivity contribution in [1.29, 1.82) is 5.26 Å². The van der Waals surface area contributed by atoms with Crippen LogP contribution in [0.15, 0.2) is 42.6 Å². The number of carbonyl (C=O) groups excluding carboxylic acids is 2. The lowest BCUT2D eigenvalue weighted by molar-refractivity contribution is -0.166. The van der Waals surface area contributed by atoms with E-state index in [1.807, 2.05) is 30.9 Å². The molecule has 7 nitrogen and oxygen atoms in total. The summed E-state index contributed by atoms with van der Waals surface area (Å²) < 4.78 is 0. The Morgan fingerprint density at radius 1 is 1.19 bits per heavy atom. The summed E-state index contributed by atoms with van der Waals surface area (Å²) in [4.78, 5) is 36.8. The molecule has 160 valence electrons. The summed E-state index contributed by atoms with van der Waals surface area (Å²) in [7, 11) is 0. The number of carbonyl (C=O) groups is 2. The van der Waals surface area contributed by atoms with Gasteiger partial charge in [-0.3, -0.25) is 9.59 Å². The predicted octanol–water partition coefficient (Wildman–Crippen LogP) is 2.83. The van der Waals surface area contributed by atoms with Gasteiger partial charge in [0.1, 0.15) is 24.0 Å². The van der Waals surface area contributed by atoms with Crippen LogP contribution in [0.3, 0.4) is 0 Å². The minimum atomic E-state index is -0.950. The highest BCUT2D eigenvalue weighted by Gasteiger charge is 2.56. The fourth-order valence-corrected chi connectivity index (χ4v) is 4.50. The minimum absolute atomic E-state index is 0.0211. The molecule has 0 radical (unpaired) electrons. The maximum absolute atomic E-state index is 13.7. The monoisotopic (exact) mass is 437 g/mol. The quantitative estimate of drug-likeness (QED) is 0.734. The van der Waals surface area contributed by atoms with Crippen molar-refractivity contribution >= 4 is 29.2 Å². The molecule has 3 heterocycles. The third-order valence-electron chi connectivity index (χ3n) is 6.11. The zero-order chi connectivity index (χ0) is 22.2. The zero-order valence-electron chi connectivity index (χ0n) is 17.6. The molecule has 0 bridgehead atoms. The van der Waals surface area contributed by atoms with Gasteiger partial charge in [-0.1, -0.05) is 23.7 Å². The van der Waals surface area contributed by atoms with Crippen molar-refractivity contribution in [3.05, 3.63) is 58.7 Å². The van der Waals surface area contributed by atoms with Gasteiger partial charge in [-0.25, -0.2) is 4.98 Å². The third-order valence-corrected chi connectivity index (χ3v) is 6.36. The van der Waals surface area contributed by atoms with Crippen LogP contribution in [-0.4, -0.2) is 57.8 Å². The van der Waals surface area contributed by atoms with Crippen LogP contribution in [0.25, 0.3) is 0 Å². The molecule has 2 saturated heterocycles. The fourth-order valence-electron chi connectivity index (χ4n) is 4.38. The molecule has 0 saturated carbocycles. The van der Waals surface area contributed by atoms with Crippen LogP contribution in [-0.2, 0) is 16.1 Å². The number of hydrogen-bond acceptors (Lipinski definition) is 5. The number of anilines is 1. The van der Waals surface area contributed by atoms with E-state index in [0.717, 1.165) is 5.56 Å². The molecule has 2 amide bonds. The van der Waals surface area contributed by atoms with Gasteiger partial charge in [-0.15, -0.1) is 0 Å². The van der Waals surface area contributed by atoms with Crippen molar-refractivity contribution in [2.45, 2.75) is 38.4 Å². The van der Waals surface area contributed by atoms with Crippen LogP contribution in [0.5, 0.6) is 0 Å². The SMILES string of the molecule is CC(C)N1CC(=O)N(Cc2ccc(Cl)cc2)[C@]2(CCN(c3ccc(C#N)cn3)C2)C1=O. The number of benzene rings is 1. The van der Waals surface area contributed by atoms with Crippen molar-refractivity contribution in [3.63, 3.8) is 0 Å². The van der Waals surface area contributed by atoms with Crippen LogP contribution >= 0.6 is 11.6 Å². The summed E-state index contributed by atoms with van der Waals surface area (Å²) in [5, 5.41) is 9.65. The molecular weight excluding hydrogens is 414 g/mol. The number of rotatable bonds is 4. The molecule has 0 aliphatic carbocycles. The highest BCUT2D eigenvalue weighted by atomic mass is 35.5. The number of aromatic nitrogens is 1. The van der Waals surface area contributed by atoms with E-state index < -0.39 is 5.54 Å². The van der Waals surface area contributed by atoms with E-state index in [1.165, 1.54) is 6.20 Å². The van der Waals surface area contributed by atoms with Crippen molar-refractivity contribution in [3.8, 4) is 6.07 Å². The van der Waals surface area contributed by atoms with Crippen LogP contribution in [0.1, 0.15) is 31.4 Å². The lowest BCUT2D eigenvalue weighted by Crippen LogP contribution is -2.69. The minimum Gasteiger partial charge on any atom is -0.354 e. The van der Waals surface area contributed by atoms with Gasteiger partial charge < -0.3 is 14.7 Å². The molecule has 2 fully saturated rings. The first-order valence-electron chi connectivity index (χ1n) is 10.3. The first-order valence-corrected chi connectivity index (χ1v) is 10.7. The van der Waals surface area contributed by atoms with Crippen molar-refractivity contribution < 1.29 is 9.59 Å². The summed E-state index contributed by atoms with van der Waals surface area (Å²) in [6.07, 6.45) is 2.05. The average molecular weight is 438 g/mol. The molecule has 31 heavy (non-hydrogen) atoms. The maximum Gasteiger partial charge on any atom is 0.251 e. The molecule has 1 spiro atoms. The molecule has 0 unspecified atom stereocenters. The Bertz CT molecular complexity index is 1030. The molecule has 4 rings (SSSR count). The largest absolute Gasteiger partial charge is 0.354 e. The smallest absolute Gasteiger partial charge is 0.251 e. The summed E-state index contributed by atoms with van der Waals surface area (Å²) in [5.74, 6) is 0.620. The Labute approximate surface area is 186 Å². The third kappa shape index (κ3) is 3.84. The van der Waals surface area contributed by atoms with Gasteiger partial charge in [0.2, 0.25) is 5.91 Å². The zero-order valence-corrected chi connectivity index (χ0v) is 18.3. The molecule has 1 atom stereocenters. The summed E-state index contributed by atoms with van der Waals surface area (Å²) in [5.41, 5.74) is 0.462. The van der Waals surface area contributed by atoms with E-state index in [4.69, 9.17) is 16.9 Å². The lowest BCUT2D eigenvalue weighted by Gasteiger charge is -2.48. The predicted molar refractivity (Wildman–Crippen MR) is 117 cm³/mol. The molecule has 1 aromatic carbocycles. The van der Waals surface area contributed by atoms with E-state index in [9.17, 15) is 9.59 Å². The highest BCUT2D eigenvalue weighted by molar-refractivity contribution is 6.30. The lowest BCUT2D eigenvalue weighted by atomic mass is 9.89. The Kier molecular flexibility index (Phi) is 5.59. The van der Waals surface area contributed by atoms with E-state index in [-0.39, 0.29) is 24.4 Å². The molecule has 0 N–H and O–H groups in total. The summed E-state index contributed by atoms with van der Waals surface area (Å²) in [6.45, 7) is 5.27. The van der Waals surface area contributed by atoms with E-state index in [0.29, 0.717) is 42.5 Å². The Balaban J connectivity index is 1.68. The second-order valence-electron chi connectivity index (χ2n) is 8.35. The van der Waals surface area contributed by atoms with Crippen LogP contribution < -0.4 is 4.90 Å². The molecule has 2 aliphatic heterocycles. The number of nitrogens with zero attached hydrogens (tertiary/aromatic N) is 5. The number of piperazine rings is 1. The fraction of sp³-hybridized carbons (Fsp3) is 0.391. The molecule has 2 aliphatic rings. The van der Waals surface area contributed by atoms with E-state index >= 15 is 0 Å². The topological polar surface area (TPSA) is 80.5 Å². The summed E-state index contributed by atoms with van der Waals surface area (Å²) in [6, 6.07) is 12.9. The van der Waals surface area contributed by atoms with Crippen LogP contribution in [0, 0.1) is 11.3 Å². The molecule has 1 aromatic heterocycles. The van der Waals surface area contributed by atoms with Crippen molar-refractivity contribution in [2.75, 3.05) is 24.5 Å². The van der Waals surface area contributed by atoms with E-state index in [1.54, 1.807) is 34.1 Å². The number of halogens is 1. The number of hydrogen-bond donors (Lipinski definition) is 0. The van der Waals surface area contributed by atoms with Gasteiger partial charge in [-0.05, 0) is 50.1 Å². The normalized spacial score (nSPS) is 21.3. The first kappa shape index (κ1) is 21.1. The Morgan fingerprint density at radius 3 is 2.55 bits per heavy atom. The molecule has 2 aromatic rings. The molecule has 8 heteroatoms. The van der Waals surface area contributed by atoms with Crippen LogP contribution in [0.4, 0.5) is 5.82 Å². The van der Waals surface area contributed by atoms with Crippen LogP contribution in [0.2, 0.25) is 5.02 Å². The number of nitriles is 1. The van der Waals surface area contributed by atoms with Gasteiger partial charge >= 0.3 is 0 Å². The number of pyridine rings is 1. The Morgan fingerprint density at radius 2 is 1.94 bits per heavy atom. The van der Waals surface area contributed by atoms with Crippen molar-refractivity contribution in [2.24, 2.45) is 0 Å². The average Bonchev–Trinajstić information content (AvgIpc) is 3.21. The van der Waals surface area contributed by atoms with Crippen molar-refractivity contribution in [1.82, 2.24) is 14.8 Å². The van der Waals surface area contributed by atoms with Gasteiger partial charge in [0.25, 0.3) is 5.91 Å². The van der Waals surface area contributed by atoms with Gasteiger partial charge in [0, 0.05) is 30.4 Å². The standard InChI is InChI=1S/C23H24ClN5O2/c1-16(2)28-14-21(30)29(13-17-3-6-19(24)7-4-17)23(22(28)31)9-10-27(15-23)20-8-5-18(11-25)12-26-20/h3-8,12,16H,9-10,13-15H2,1-2H3/t23-/m0/s1. The highest BCUT2D eigenvalue weighted by Crippen LogP contribution is 2.37. The first-order chi connectivity index (χ1) is 14.8. The number of amides is 2. The second-order valence-corrected chi connectivity index (χ2v) is 8.79. The maximum atomic E-state index is 13.7. The van der Waals surface area contributed by atoms with Gasteiger partial charge in [-0.2, -0.15) is 5.26 Å². The second kappa shape index (κ2) is 8.20. The Hall–Kier alpha value is -3.11.